The fraction of sp³-hybridized carbons (Fsp3) is 0. The molecule has 2 aromatic heterocycles. The minimum Gasteiger partial charge on any atom is -0.463 e. The third-order valence-corrected chi connectivity index (χ3v) is 4.55. The Kier molecular flexibility index (Phi) is 2.87. The van der Waals surface area contributed by atoms with Gasteiger partial charge in [-0.05, 0) is 30.3 Å². The van der Waals surface area contributed by atoms with Crippen LogP contribution in [0.1, 0.15) is 10.4 Å². The van der Waals surface area contributed by atoms with Crippen LogP contribution < -0.4 is 5.43 Å². The Hall–Kier alpha value is -2.79. The SMILES string of the molecule is O=Cc1coc2ccc(-c3nc4ccccc4s3)cc2c1=O. The molecule has 0 fully saturated rings. The van der Waals surface area contributed by atoms with Crippen LogP contribution in [-0.2, 0) is 0 Å². The molecule has 0 amide bonds. The summed E-state index contributed by atoms with van der Waals surface area (Å²) in [6.07, 6.45) is 1.70. The number of nitrogens with zero attached hydrogens (tertiary/aromatic N) is 1. The number of fused-ring (bicyclic) bond motifs is 2. The van der Waals surface area contributed by atoms with E-state index in [1.54, 1.807) is 23.5 Å². The Labute approximate surface area is 128 Å². The van der Waals surface area contributed by atoms with Crippen molar-refractivity contribution in [3.8, 4) is 10.6 Å². The lowest BCUT2D eigenvalue weighted by Gasteiger charge is -2.00. The molecule has 2 aromatic carbocycles. The molecule has 22 heavy (non-hydrogen) atoms. The summed E-state index contributed by atoms with van der Waals surface area (Å²) in [6.45, 7) is 0. The van der Waals surface area contributed by atoms with Gasteiger partial charge in [-0.2, -0.15) is 0 Å². The maximum absolute atomic E-state index is 12.2. The molecule has 0 aliphatic rings. The van der Waals surface area contributed by atoms with Crippen molar-refractivity contribution < 1.29 is 9.21 Å². The van der Waals surface area contributed by atoms with Crippen LogP contribution in [0.4, 0.5) is 0 Å². The van der Waals surface area contributed by atoms with Gasteiger partial charge in [0.15, 0.2) is 6.29 Å². The second-order valence-corrected chi connectivity index (χ2v) is 5.87. The molecular weight excluding hydrogens is 298 g/mol. The topological polar surface area (TPSA) is 60.2 Å². The normalized spacial score (nSPS) is 11.1. The number of para-hydroxylation sites is 1. The summed E-state index contributed by atoms with van der Waals surface area (Å²) in [7, 11) is 0. The molecule has 0 saturated carbocycles. The first kappa shape index (κ1) is 12.9. The second-order valence-electron chi connectivity index (χ2n) is 4.84. The number of carbonyl (C=O) groups excluding carboxylic acids is 1. The maximum Gasteiger partial charge on any atom is 0.203 e. The number of hydrogen-bond acceptors (Lipinski definition) is 5. The van der Waals surface area contributed by atoms with Crippen LogP contribution in [0.2, 0.25) is 0 Å². The number of carbonyl (C=O) groups is 1. The van der Waals surface area contributed by atoms with Crippen molar-refractivity contribution in [2.75, 3.05) is 0 Å². The van der Waals surface area contributed by atoms with E-state index in [4.69, 9.17) is 4.42 Å². The number of benzene rings is 2. The van der Waals surface area contributed by atoms with E-state index in [1.165, 1.54) is 6.26 Å². The van der Waals surface area contributed by atoms with Crippen LogP contribution in [0.5, 0.6) is 0 Å². The van der Waals surface area contributed by atoms with E-state index in [1.807, 2.05) is 30.3 Å². The van der Waals surface area contributed by atoms with Crippen LogP contribution in [0.25, 0.3) is 31.8 Å². The van der Waals surface area contributed by atoms with Crippen molar-refractivity contribution in [2.24, 2.45) is 0 Å². The molecule has 0 aliphatic heterocycles. The van der Waals surface area contributed by atoms with Crippen LogP contribution in [0, 0.1) is 0 Å². The van der Waals surface area contributed by atoms with Gasteiger partial charge in [-0.15, -0.1) is 11.3 Å². The molecule has 0 N–H and O–H groups in total. The molecule has 0 aliphatic carbocycles. The van der Waals surface area contributed by atoms with Crippen LogP contribution in [-0.4, -0.2) is 11.3 Å². The summed E-state index contributed by atoms with van der Waals surface area (Å²) >= 11 is 1.56. The third-order valence-electron chi connectivity index (χ3n) is 3.47. The Bertz CT molecular complexity index is 1050. The van der Waals surface area contributed by atoms with Gasteiger partial charge in [-0.3, -0.25) is 9.59 Å². The Balaban J connectivity index is 1.97. The Morgan fingerprint density at radius 2 is 2.00 bits per heavy atom. The zero-order valence-corrected chi connectivity index (χ0v) is 12.1. The highest BCUT2D eigenvalue weighted by molar-refractivity contribution is 7.21. The van der Waals surface area contributed by atoms with Crippen molar-refractivity contribution in [3.05, 3.63) is 64.5 Å². The first-order valence-electron chi connectivity index (χ1n) is 6.63. The molecule has 0 bridgehead atoms. The van der Waals surface area contributed by atoms with Crippen LogP contribution in [0.3, 0.4) is 0 Å². The lowest BCUT2D eigenvalue weighted by Crippen LogP contribution is -2.07. The molecule has 5 heteroatoms. The van der Waals surface area contributed by atoms with Crippen molar-refractivity contribution in [1.82, 2.24) is 4.98 Å². The van der Waals surface area contributed by atoms with Gasteiger partial charge in [0.05, 0.1) is 21.2 Å². The van der Waals surface area contributed by atoms with Crippen LogP contribution in [0.15, 0.2) is 57.9 Å². The fourth-order valence-electron chi connectivity index (χ4n) is 2.36. The Morgan fingerprint density at radius 1 is 1.14 bits per heavy atom. The molecule has 0 atom stereocenters. The number of hydrogen-bond donors (Lipinski definition) is 0. The Morgan fingerprint density at radius 3 is 2.82 bits per heavy atom. The summed E-state index contributed by atoms with van der Waals surface area (Å²) in [5.74, 6) is 0. The molecule has 0 unspecified atom stereocenters. The van der Waals surface area contributed by atoms with Gasteiger partial charge >= 0.3 is 0 Å². The summed E-state index contributed by atoms with van der Waals surface area (Å²) in [5, 5.41) is 1.22. The van der Waals surface area contributed by atoms with E-state index in [-0.39, 0.29) is 11.0 Å². The summed E-state index contributed by atoms with van der Waals surface area (Å²) in [5.41, 5.74) is 1.92. The van der Waals surface area contributed by atoms with Gasteiger partial charge in [-0.25, -0.2) is 4.98 Å². The van der Waals surface area contributed by atoms with E-state index in [0.717, 1.165) is 20.8 Å². The monoisotopic (exact) mass is 307 g/mol. The summed E-state index contributed by atoms with van der Waals surface area (Å²) < 4.78 is 6.41. The van der Waals surface area contributed by atoms with Crippen molar-refractivity contribution in [1.29, 1.82) is 0 Å². The molecule has 4 rings (SSSR count). The van der Waals surface area contributed by atoms with Gasteiger partial charge < -0.3 is 4.42 Å². The second kappa shape index (κ2) is 4.89. The zero-order valence-electron chi connectivity index (χ0n) is 11.3. The fourth-order valence-corrected chi connectivity index (χ4v) is 3.32. The van der Waals surface area contributed by atoms with Crippen molar-refractivity contribution in [3.63, 3.8) is 0 Å². The van der Waals surface area contributed by atoms with Gasteiger partial charge in [0.2, 0.25) is 5.43 Å². The summed E-state index contributed by atoms with van der Waals surface area (Å²) in [6, 6.07) is 13.2. The lowest BCUT2D eigenvalue weighted by molar-refractivity contribution is 0.112. The minimum atomic E-state index is -0.320. The molecule has 4 aromatic rings. The average Bonchev–Trinajstić information content (AvgIpc) is 2.99. The smallest absolute Gasteiger partial charge is 0.203 e. The lowest BCUT2D eigenvalue weighted by atomic mass is 10.1. The highest BCUT2D eigenvalue weighted by atomic mass is 32.1. The molecular formula is C17H9NO3S. The summed E-state index contributed by atoms with van der Waals surface area (Å²) in [4.78, 5) is 27.7. The highest BCUT2D eigenvalue weighted by Crippen LogP contribution is 2.31. The predicted octanol–water partition coefficient (Wildman–Crippen LogP) is 3.88. The number of aldehydes is 1. The number of rotatable bonds is 2. The molecule has 0 spiro atoms. The molecule has 0 saturated heterocycles. The van der Waals surface area contributed by atoms with Gasteiger partial charge in [0.1, 0.15) is 16.9 Å². The van der Waals surface area contributed by atoms with Gasteiger partial charge in [0.25, 0.3) is 0 Å². The molecule has 106 valence electrons. The minimum absolute atomic E-state index is 0.0222. The van der Waals surface area contributed by atoms with Crippen molar-refractivity contribution in [2.45, 2.75) is 0 Å². The van der Waals surface area contributed by atoms with Gasteiger partial charge in [-0.1, -0.05) is 12.1 Å². The average molecular weight is 307 g/mol. The molecule has 0 radical (unpaired) electrons. The van der Waals surface area contributed by atoms with Crippen LogP contribution >= 0.6 is 11.3 Å². The van der Waals surface area contributed by atoms with E-state index in [0.29, 0.717) is 17.3 Å². The molecule has 2 heterocycles. The van der Waals surface area contributed by atoms with Crippen molar-refractivity contribution >= 4 is 38.8 Å². The maximum atomic E-state index is 12.2. The predicted molar refractivity (Wildman–Crippen MR) is 86.5 cm³/mol. The largest absolute Gasteiger partial charge is 0.463 e. The first-order valence-corrected chi connectivity index (χ1v) is 7.44. The van der Waals surface area contributed by atoms with E-state index in [9.17, 15) is 9.59 Å². The highest BCUT2D eigenvalue weighted by Gasteiger charge is 2.10. The zero-order chi connectivity index (χ0) is 15.1. The quantitative estimate of drug-likeness (QED) is 0.527. The van der Waals surface area contributed by atoms with E-state index >= 15 is 0 Å². The first-order chi connectivity index (χ1) is 10.8. The van der Waals surface area contributed by atoms with E-state index < -0.39 is 0 Å². The third kappa shape index (κ3) is 1.95. The molecule has 4 nitrogen and oxygen atoms in total. The van der Waals surface area contributed by atoms with Gasteiger partial charge in [0, 0.05) is 5.56 Å². The van der Waals surface area contributed by atoms with E-state index in [2.05, 4.69) is 4.98 Å². The number of aromatic nitrogens is 1. The standard InChI is InChI=1S/C17H9NO3S/c19-8-11-9-21-14-6-5-10(7-12(14)16(11)20)17-18-13-3-1-2-4-15(13)22-17/h1-9H. The number of thiazole rings is 1.